The summed E-state index contributed by atoms with van der Waals surface area (Å²) in [5, 5.41) is 15.0. The molecule has 0 fully saturated rings. The summed E-state index contributed by atoms with van der Waals surface area (Å²) in [6.07, 6.45) is 5.08. The van der Waals surface area contributed by atoms with Gasteiger partial charge in [-0.25, -0.2) is 22.8 Å². The van der Waals surface area contributed by atoms with Crippen molar-refractivity contribution in [3.8, 4) is 11.4 Å². The second-order valence-corrected chi connectivity index (χ2v) is 16.3. The van der Waals surface area contributed by atoms with Crippen LogP contribution in [0.4, 0.5) is 13.2 Å². The number of hydrogen-bond acceptors (Lipinski definition) is 5. The number of halogens is 3. The first-order valence-electron chi connectivity index (χ1n) is 16.5. The summed E-state index contributed by atoms with van der Waals surface area (Å²) in [5.41, 5.74) is 2.32. The molecule has 0 aliphatic carbocycles. The van der Waals surface area contributed by atoms with E-state index >= 15 is 13.2 Å². The zero-order valence-corrected chi connectivity index (χ0v) is 30.0. The molecule has 3 aromatic carbocycles. The van der Waals surface area contributed by atoms with Crippen molar-refractivity contribution in [2.75, 3.05) is 11.5 Å². The monoisotopic (exact) mass is 706 g/mol. The van der Waals surface area contributed by atoms with E-state index in [2.05, 4.69) is 25.8 Å². The van der Waals surface area contributed by atoms with Crippen LogP contribution in [0.5, 0.6) is 0 Å². The molecule has 2 aromatic heterocycles. The molecule has 0 saturated carbocycles. The molecule has 2 N–H and O–H groups in total. The molecule has 49 heavy (non-hydrogen) atoms. The maximum atomic E-state index is 15.8. The van der Waals surface area contributed by atoms with Crippen LogP contribution in [0.25, 0.3) is 22.3 Å². The molecule has 0 spiro atoms. The largest absolute Gasteiger partial charge is 0.481 e. The van der Waals surface area contributed by atoms with Crippen LogP contribution in [0, 0.1) is 28.8 Å². The molecular weight excluding hydrogens is 666 g/mol. The van der Waals surface area contributed by atoms with Gasteiger partial charge in [-0.05, 0) is 90.5 Å². The fraction of sp³-hybridized carbons (Fsp3) is 0.395. The molecule has 1 unspecified atom stereocenters. The molecule has 1 aliphatic rings. The van der Waals surface area contributed by atoms with Crippen LogP contribution in [-0.4, -0.2) is 42.3 Å². The predicted octanol–water partition coefficient (Wildman–Crippen LogP) is 9.59. The summed E-state index contributed by atoms with van der Waals surface area (Å²) >= 11 is 2.89. The van der Waals surface area contributed by atoms with Crippen molar-refractivity contribution < 1.29 is 23.1 Å². The molecule has 3 heterocycles. The van der Waals surface area contributed by atoms with Crippen molar-refractivity contribution in [1.29, 1.82) is 0 Å². The van der Waals surface area contributed by atoms with Crippen LogP contribution in [0.1, 0.15) is 69.5 Å². The van der Waals surface area contributed by atoms with Gasteiger partial charge >= 0.3 is 5.97 Å². The molecular formula is C38H41F3N4O2S2. The third kappa shape index (κ3) is 7.15. The van der Waals surface area contributed by atoms with Gasteiger partial charge in [0.05, 0.1) is 27.3 Å². The highest BCUT2D eigenvalue weighted by Gasteiger charge is 2.35. The molecule has 0 amide bonds. The Balaban J connectivity index is 1.47. The first kappa shape index (κ1) is 35.1. The fourth-order valence-corrected chi connectivity index (χ4v) is 8.97. The highest BCUT2D eigenvalue weighted by molar-refractivity contribution is 7.99. The lowest BCUT2D eigenvalue weighted by molar-refractivity contribution is -0.141. The van der Waals surface area contributed by atoms with Crippen LogP contribution < -0.4 is 0 Å². The summed E-state index contributed by atoms with van der Waals surface area (Å²) in [4.78, 5) is 20.2. The van der Waals surface area contributed by atoms with Gasteiger partial charge in [-0.15, -0.1) is 0 Å². The maximum Gasteiger partial charge on any atom is 0.306 e. The highest BCUT2D eigenvalue weighted by atomic mass is 32.2. The first-order valence-corrected chi connectivity index (χ1v) is 18.5. The SMILES string of the molecule is CC(Cc1cccc([C@@]2(C)CCCC(C)(C)CSCCc3c(c(F)c(F)c4[nH]ccc34)Sc3ccc(F)c(c3)-c3nc2nn3C)c1)C(=O)O. The minimum Gasteiger partial charge on any atom is -0.481 e. The number of aromatic nitrogens is 4. The van der Waals surface area contributed by atoms with Crippen LogP contribution >= 0.6 is 23.5 Å². The molecule has 6 rings (SSSR count). The number of nitrogens with one attached hydrogen (secondary N) is 1. The summed E-state index contributed by atoms with van der Waals surface area (Å²) < 4.78 is 48.2. The zero-order valence-electron chi connectivity index (χ0n) is 28.4. The number of aryl methyl sites for hydroxylation is 2. The van der Waals surface area contributed by atoms with Gasteiger partial charge in [0.25, 0.3) is 0 Å². The van der Waals surface area contributed by atoms with Gasteiger partial charge < -0.3 is 10.1 Å². The lowest BCUT2D eigenvalue weighted by Gasteiger charge is -2.31. The molecule has 2 atom stereocenters. The molecule has 258 valence electrons. The van der Waals surface area contributed by atoms with Gasteiger partial charge in [-0.3, -0.25) is 4.79 Å². The third-order valence-corrected chi connectivity index (χ3v) is 12.3. The van der Waals surface area contributed by atoms with E-state index < -0.39 is 34.8 Å². The average Bonchev–Trinajstić information content (AvgIpc) is 3.71. The fourth-order valence-electron chi connectivity index (χ4n) is 6.71. The Morgan fingerprint density at radius 3 is 2.65 bits per heavy atom. The number of H-pyrrole nitrogens is 1. The number of thioether (sulfide) groups is 1. The van der Waals surface area contributed by atoms with Gasteiger partial charge in [0.1, 0.15) is 5.82 Å². The number of carboxylic acid groups (broad SMARTS) is 1. The van der Waals surface area contributed by atoms with Crippen LogP contribution in [-0.2, 0) is 30.1 Å². The van der Waals surface area contributed by atoms with Gasteiger partial charge in [0, 0.05) is 23.5 Å². The summed E-state index contributed by atoms with van der Waals surface area (Å²) in [7, 11) is 1.73. The van der Waals surface area contributed by atoms with Gasteiger partial charge in [0.2, 0.25) is 0 Å². The number of aliphatic carboxylic acids is 1. The lowest BCUT2D eigenvalue weighted by Crippen LogP contribution is -2.27. The Bertz CT molecular complexity index is 2020. The second kappa shape index (κ2) is 13.9. The van der Waals surface area contributed by atoms with E-state index in [4.69, 9.17) is 10.1 Å². The molecule has 0 saturated heterocycles. The van der Waals surface area contributed by atoms with Crippen molar-refractivity contribution in [3.05, 3.63) is 94.7 Å². The van der Waals surface area contributed by atoms with Crippen molar-refractivity contribution in [1.82, 2.24) is 19.7 Å². The normalized spacial score (nSPS) is 19.2. The lowest BCUT2D eigenvalue weighted by atomic mass is 9.75. The van der Waals surface area contributed by atoms with E-state index in [1.165, 1.54) is 6.07 Å². The highest BCUT2D eigenvalue weighted by Crippen LogP contribution is 2.43. The number of rotatable bonds is 4. The smallest absolute Gasteiger partial charge is 0.306 e. The molecule has 5 aromatic rings. The van der Waals surface area contributed by atoms with E-state index in [0.717, 1.165) is 59.2 Å². The van der Waals surface area contributed by atoms with E-state index in [-0.39, 0.29) is 21.4 Å². The number of carboxylic acids is 1. The first-order chi connectivity index (χ1) is 23.3. The molecule has 6 nitrogen and oxygen atoms in total. The van der Waals surface area contributed by atoms with Crippen molar-refractivity contribution in [2.24, 2.45) is 18.4 Å². The van der Waals surface area contributed by atoms with Crippen molar-refractivity contribution in [3.63, 3.8) is 0 Å². The summed E-state index contributed by atoms with van der Waals surface area (Å²) in [5.74, 6) is -1.25. The third-order valence-electron chi connectivity index (χ3n) is 9.66. The van der Waals surface area contributed by atoms with Gasteiger partial charge in [-0.1, -0.05) is 63.2 Å². The number of nitrogens with zero attached hydrogens (tertiary/aromatic N) is 3. The Kier molecular flexibility index (Phi) is 9.97. The summed E-state index contributed by atoms with van der Waals surface area (Å²) in [6.45, 7) is 8.30. The number of aromatic amines is 1. The van der Waals surface area contributed by atoms with Gasteiger partial charge in [-0.2, -0.15) is 16.9 Å². The Hall–Kier alpha value is -3.70. The Morgan fingerprint density at radius 2 is 1.88 bits per heavy atom. The maximum absolute atomic E-state index is 15.8. The minimum atomic E-state index is -0.928. The zero-order chi connectivity index (χ0) is 35.1. The number of hydrogen-bond donors (Lipinski definition) is 2. The van der Waals surface area contributed by atoms with E-state index in [1.807, 2.05) is 24.3 Å². The Morgan fingerprint density at radius 1 is 1.08 bits per heavy atom. The number of carbonyl (C=O) groups is 1. The molecule has 4 bridgehead atoms. The molecule has 0 radical (unpaired) electrons. The van der Waals surface area contributed by atoms with Crippen molar-refractivity contribution >= 4 is 40.4 Å². The molecule has 11 heteroatoms. The van der Waals surface area contributed by atoms with Gasteiger partial charge in [0.15, 0.2) is 23.3 Å². The second-order valence-electron chi connectivity index (χ2n) is 14.1. The quantitative estimate of drug-likeness (QED) is 0.194. The average molecular weight is 707 g/mol. The van der Waals surface area contributed by atoms with Crippen LogP contribution in [0.15, 0.2) is 64.5 Å². The predicted molar refractivity (Wildman–Crippen MR) is 191 cm³/mol. The Labute approximate surface area is 293 Å². The van der Waals surface area contributed by atoms with E-state index in [0.29, 0.717) is 34.8 Å². The number of benzene rings is 3. The molecule has 1 aliphatic heterocycles. The number of fused-ring (bicyclic) bond motifs is 8. The van der Waals surface area contributed by atoms with E-state index in [1.54, 1.807) is 54.8 Å². The topological polar surface area (TPSA) is 83.8 Å². The van der Waals surface area contributed by atoms with Crippen LogP contribution in [0.3, 0.4) is 0 Å². The summed E-state index contributed by atoms with van der Waals surface area (Å²) in [6, 6.07) is 14.3. The van der Waals surface area contributed by atoms with E-state index in [9.17, 15) is 9.90 Å². The van der Waals surface area contributed by atoms with Crippen molar-refractivity contribution in [2.45, 2.75) is 75.0 Å². The van der Waals surface area contributed by atoms with Crippen LogP contribution in [0.2, 0.25) is 0 Å². The standard InChI is InChI=1S/C38H41F3N4O2S2/c1-22(35(46)47)18-23-8-6-9-24(19-23)38(4)15-7-14-37(2,3)21-48-17-13-27-26-12-16-42-32(26)30(40)31(41)33(27)49-25-10-11-29(39)28(20-25)34-43-36(38)44-45(34)5/h6,8-12,16,19-20,22,42H,7,13-15,17-18,21H2,1-5H3,(H,46,47)/t22?,38-/m1/s1. The minimum absolute atomic E-state index is 0.00586.